The molecule has 98 valence electrons. The highest BCUT2D eigenvalue weighted by atomic mass is 19.1. The topological polar surface area (TPSA) is 52.0 Å². The van der Waals surface area contributed by atoms with Crippen molar-refractivity contribution in [2.45, 2.75) is 19.4 Å². The quantitative estimate of drug-likeness (QED) is 0.827. The van der Waals surface area contributed by atoms with Gasteiger partial charge in [0.2, 0.25) is 11.9 Å². The van der Waals surface area contributed by atoms with Crippen LogP contribution in [0.15, 0.2) is 22.6 Å². The molecule has 0 bridgehead atoms. The maximum absolute atomic E-state index is 13.8. The van der Waals surface area contributed by atoms with Crippen molar-refractivity contribution in [1.29, 1.82) is 0 Å². The van der Waals surface area contributed by atoms with Crippen molar-refractivity contribution in [2.24, 2.45) is 5.73 Å². The Hall–Kier alpha value is -2.01. The Balaban J connectivity index is 2.28. The molecule has 0 amide bonds. The number of nitrogens with two attached hydrogens (primary N) is 1. The van der Waals surface area contributed by atoms with Crippen LogP contribution in [0.25, 0.3) is 11.6 Å². The van der Waals surface area contributed by atoms with E-state index in [9.17, 15) is 8.78 Å². The summed E-state index contributed by atoms with van der Waals surface area (Å²) in [7, 11) is 0. The zero-order valence-electron chi connectivity index (χ0n) is 10.1. The fourth-order valence-corrected chi connectivity index (χ4v) is 2.33. The molecule has 0 unspecified atom stereocenters. The fraction of sp³-hybridized carbons (Fsp3) is 0.214. The SMILES string of the molecule is NCc1cc2c(o1)=C(c1ccc(F)nc1F)CCC=2. The molecule has 2 aromatic heterocycles. The predicted molar refractivity (Wildman–Crippen MR) is 66.2 cm³/mol. The summed E-state index contributed by atoms with van der Waals surface area (Å²) >= 11 is 0. The summed E-state index contributed by atoms with van der Waals surface area (Å²) in [6.07, 6.45) is 3.44. The normalized spacial score (nSPS) is 14.2. The lowest BCUT2D eigenvalue weighted by atomic mass is 9.98. The van der Waals surface area contributed by atoms with Gasteiger partial charge in [-0.3, -0.25) is 0 Å². The number of halogens is 2. The molecule has 0 aromatic carbocycles. The molecule has 19 heavy (non-hydrogen) atoms. The molecule has 0 aliphatic heterocycles. The Kier molecular flexibility index (Phi) is 2.91. The molecule has 0 fully saturated rings. The molecule has 0 atom stereocenters. The van der Waals surface area contributed by atoms with Crippen LogP contribution in [0.3, 0.4) is 0 Å². The smallest absolute Gasteiger partial charge is 0.223 e. The molecular formula is C14H12F2N2O. The van der Waals surface area contributed by atoms with Gasteiger partial charge in [-0.05, 0) is 31.0 Å². The summed E-state index contributed by atoms with van der Waals surface area (Å²) in [5, 5.41) is 0.908. The standard InChI is InChI=1S/C14H12F2N2O/c15-12-5-4-11(14(16)18-12)10-3-1-2-8-6-9(7-17)19-13(8)10/h2,4-6H,1,3,7,17H2. The van der Waals surface area contributed by atoms with Crippen molar-refractivity contribution in [2.75, 3.05) is 0 Å². The molecule has 3 nitrogen and oxygen atoms in total. The number of pyridine rings is 1. The van der Waals surface area contributed by atoms with Gasteiger partial charge in [0.1, 0.15) is 11.2 Å². The van der Waals surface area contributed by atoms with Crippen LogP contribution in [0.4, 0.5) is 8.78 Å². The van der Waals surface area contributed by atoms with E-state index in [1.165, 1.54) is 6.07 Å². The average molecular weight is 262 g/mol. The first-order valence-corrected chi connectivity index (χ1v) is 6.03. The lowest BCUT2D eigenvalue weighted by molar-refractivity contribution is 0.475. The molecule has 2 aromatic rings. The number of rotatable bonds is 2. The van der Waals surface area contributed by atoms with E-state index in [0.29, 0.717) is 23.2 Å². The maximum atomic E-state index is 13.8. The largest absolute Gasteiger partial charge is 0.459 e. The number of furan rings is 1. The Morgan fingerprint density at radius 2 is 2.16 bits per heavy atom. The summed E-state index contributed by atoms with van der Waals surface area (Å²) < 4.78 is 32.3. The summed E-state index contributed by atoms with van der Waals surface area (Å²) in [5.41, 5.74) is 7.15. The molecule has 1 aliphatic rings. The minimum absolute atomic E-state index is 0.286. The molecule has 5 heteroatoms. The molecule has 1 aliphatic carbocycles. The highest BCUT2D eigenvalue weighted by molar-refractivity contribution is 5.66. The molecule has 2 N–H and O–H groups in total. The number of nitrogens with zero attached hydrogens (tertiary/aromatic N) is 1. The third kappa shape index (κ3) is 2.06. The first kappa shape index (κ1) is 12.0. The number of hydrogen-bond donors (Lipinski definition) is 1. The highest BCUT2D eigenvalue weighted by Gasteiger charge is 2.16. The molecule has 0 saturated carbocycles. The van der Waals surface area contributed by atoms with Gasteiger partial charge in [-0.2, -0.15) is 13.8 Å². The third-order valence-corrected chi connectivity index (χ3v) is 3.19. The zero-order valence-corrected chi connectivity index (χ0v) is 10.1. The van der Waals surface area contributed by atoms with Crippen LogP contribution in [0.5, 0.6) is 0 Å². The second-order valence-electron chi connectivity index (χ2n) is 4.40. The molecule has 0 spiro atoms. The van der Waals surface area contributed by atoms with Crippen molar-refractivity contribution in [3.63, 3.8) is 0 Å². The van der Waals surface area contributed by atoms with Gasteiger partial charge in [0.15, 0.2) is 0 Å². The average Bonchev–Trinajstić information content (AvgIpc) is 2.82. The van der Waals surface area contributed by atoms with Crippen LogP contribution in [-0.2, 0) is 6.54 Å². The maximum Gasteiger partial charge on any atom is 0.223 e. The van der Waals surface area contributed by atoms with Crippen LogP contribution in [0.1, 0.15) is 24.2 Å². The molecule has 0 saturated heterocycles. The minimum Gasteiger partial charge on any atom is -0.459 e. The van der Waals surface area contributed by atoms with Gasteiger partial charge < -0.3 is 10.2 Å². The van der Waals surface area contributed by atoms with Crippen LogP contribution in [-0.4, -0.2) is 4.98 Å². The lowest BCUT2D eigenvalue weighted by Gasteiger charge is -2.08. The summed E-state index contributed by atoms with van der Waals surface area (Å²) in [4.78, 5) is 3.22. The van der Waals surface area contributed by atoms with E-state index in [4.69, 9.17) is 10.2 Å². The first-order valence-electron chi connectivity index (χ1n) is 6.03. The Labute approximate surface area is 108 Å². The Morgan fingerprint density at radius 1 is 1.32 bits per heavy atom. The number of hydrogen-bond acceptors (Lipinski definition) is 3. The molecular weight excluding hydrogens is 250 g/mol. The predicted octanol–water partition coefficient (Wildman–Crippen LogP) is 1.18. The summed E-state index contributed by atoms with van der Waals surface area (Å²) in [6, 6.07) is 4.40. The molecule has 2 heterocycles. The van der Waals surface area contributed by atoms with Gasteiger partial charge in [0.25, 0.3) is 0 Å². The van der Waals surface area contributed by atoms with E-state index in [0.717, 1.165) is 17.7 Å². The number of fused-ring (bicyclic) bond motifs is 1. The summed E-state index contributed by atoms with van der Waals surface area (Å²) in [5.74, 6) is -0.990. The second-order valence-corrected chi connectivity index (χ2v) is 4.40. The molecule has 3 rings (SSSR count). The van der Waals surface area contributed by atoms with Crippen LogP contribution in [0.2, 0.25) is 0 Å². The van der Waals surface area contributed by atoms with E-state index in [1.54, 1.807) is 0 Å². The van der Waals surface area contributed by atoms with Gasteiger partial charge in [-0.15, -0.1) is 0 Å². The van der Waals surface area contributed by atoms with E-state index in [2.05, 4.69) is 4.98 Å². The third-order valence-electron chi connectivity index (χ3n) is 3.19. The first-order chi connectivity index (χ1) is 9.19. The van der Waals surface area contributed by atoms with Gasteiger partial charge in [0.05, 0.1) is 6.54 Å². The monoisotopic (exact) mass is 262 g/mol. The molecule has 0 radical (unpaired) electrons. The van der Waals surface area contributed by atoms with Gasteiger partial charge in [-0.25, -0.2) is 0 Å². The fourth-order valence-electron chi connectivity index (χ4n) is 2.33. The van der Waals surface area contributed by atoms with Crippen LogP contribution < -0.4 is 16.4 Å². The van der Waals surface area contributed by atoms with Gasteiger partial charge in [-0.1, -0.05) is 6.08 Å². The van der Waals surface area contributed by atoms with Crippen molar-refractivity contribution >= 4 is 11.6 Å². The van der Waals surface area contributed by atoms with E-state index in [1.807, 2.05) is 12.1 Å². The van der Waals surface area contributed by atoms with E-state index >= 15 is 0 Å². The lowest BCUT2D eigenvalue weighted by Crippen LogP contribution is -2.26. The van der Waals surface area contributed by atoms with E-state index < -0.39 is 11.9 Å². The van der Waals surface area contributed by atoms with Gasteiger partial charge >= 0.3 is 0 Å². The van der Waals surface area contributed by atoms with Crippen LogP contribution in [0, 0.1) is 11.9 Å². The second kappa shape index (κ2) is 4.59. The summed E-state index contributed by atoms with van der Waals surface area (Å²) in [6.45, 7) is 0.290. The highest BCUT2D eigenvalue weighted by Crippen LogP contribution is 2.21. The van der Waals surface area contributed by atoms with Crippen molar-refractivity contribution < 1.29 is 13.2 Å². The Bertz CT molecular complexity index is 749. The number of aromatic nitrogens is 1. The minimum atomic E-state index is -0.827. The van der Waals surface area contributed by atoms with Crippen LogP contribution >= 0.6 is 0 Å². The van der Waals surface area contributed by atoms with E-state index in [-0.39, 0.29) is 12.1 Å². The van der Waals surface area contributed by atoms with Crippen molar-refractivity contribution in [1.82, 2.24) is 4.98 Å². The van der Waals surface area contributed by atoms with Gasteiger partial charge in [0, 0.05) is 16.4 Å². The zero-order chi connectivity index (χ0) is 13.4. The Morgan fingerprint density at radius 3 is 2.89 bits per heavy atom. The van der Waals surface area contributed by atoms with Crippen molar-refractivity contribution in [3.8, 4) is 0 Å². The van der Waals surface area contributed by atoms with Crippen molar-refractivity contribution in [3.05, 3.63) is 52.1 Å².